The minimum absolute atomic E-state index is 0.111. The first-order valence-corrected chi connectivity index (χ1v) is 9.64. The third kappa shape index (κ3) is 3.47. The van der Waals surface area contributed by atoms with Gasteiger partial charge in [0.25, 0.3) is 5.56 Å². The second-order valence-electron chi connectivity index (χ2n) is 7.18. The molecule has 1 N–H and O–H groups in total. The molecule has 0 saturated heterocycles. The number of hydrogen-bond donors (Lipinski definition) is 1. The number of aromatic hydroxyl groups is 1. The molecule has 1 aliphatic rings. The van der Waals surface area contributed by atoms with Crippen LogP contribution in [0.15, 0.2) is 26.7 Å². The number of nitrogens with zero attached hydrogens (tertiary/aromatic N) is 3. The van der Waals surface area contributed by atoms with Gasteiger partial charge >= 0.3 is 11.7 Å². The van der Waals surface area contributed by atoms with Crippen LogP contribution in [-0.2, 0) is 23.6 Å². The molecule has 0 radical (unpaired) electrons. The lowest BCUT2D eigenvalue weighted by atomic mass is 9.77. The highest BCUT2D eigenvalue weighted by Gasteiger charge is 2.42. The van der Waals surface area contributed by atoms with Crippen molar-refractivity contribution in [2.24, 2.45) is 25.0 Å². The largest absolute Gasteiger partial charge is 0.502 e. The average molecular weight is 431 g/mol. The Morgan fingerprint density at radius 3 is 2.23 bits per heavy atom. The first-order chi connectivity index (χ1) is 14.7. The minimum atomic E-state index is -0.920. The van der Waals surface area contributed by atoms with Crippen LogP contribution in [0.3, 0.4) is 0 Å². The van der Waals surface area contributed by atoms with Crippen molar-refractivity contribution in [3.05, 3.63) is 44.1 Å². The Morgan fingerprint density at radius 2 is 1.71 bits per heavy atom. The first-order valence-electron chi connectivity index (χ1n) is 9.64. The van der Waals surface area contributed by atoms with Crippen molar-refractivity contribution in [2.75, 3.05) is 20.8 Å². The van der Waals surface area contributed by atoms with E-state index in [9.17, 15) is 19.5 Å². The normalized spacial score (nSPS) is 17.5. The number of benzene rings is 1. The second-order valence-corrected chi connectivity index (χ2v) is 7.18. The number of esters is 1. The van der Waals surface area contributed by atoms with Crippen molar-refractivity contribution in [3.63, 3.8) is 0 Å². The number of fused-ring (bicyclic) bond motifs is 1. The molecule has 1 aromatic carbocycles. The molecule has 0 spiro atoms. The van der Waals surface area contributed by atoms with Gasteiger partial charge in [0.2, 0.25) is 5.75 Å². The van der Waals surface area contributed by atoms with E-state index in [-0.39, 0.29) is 35.2 Å². The minimum Gasteiger partial charge on any atom is -0.502 e. The summed E-state index contributed by atoms with van der Waals surface area (Å²) in [7, 11) is 5.64. The molecule has 31 heavy (non-hydrogen) atoms. The molecular weight excluding hydrogens is 406 g/mol. The van der Waals surface area contributed by atoms with E-state index in [1.54, 1.807) is 13.8 Å². The topological polar surface area (TPSA) is 121 Å². The zero-order valence-corrected chi connectivity index (χ0v) is 18.3. The molecular formula is C21H25N3O7. The molecule has 0 amide bonds. The number of phenols is 1. The fraction of sp³-hybridized carbons (Fsp3) is 0.429. The van der Waals surface area contributed by atoms with Crippen LogP contribution in [0.5, 0.6) is 17.2 Å². The van der Waals surface area contributed by atoms with Gasteiger partial charge in [-0.2, -0.15) is 0 Å². The molecule has 3 rings (SSSR count). The summed E-state index contributed by atoms with van der Waals surface area (Å²) in [5.74, 6) is -2.14. The van der Waals surface area contributed by atoms with Crippen LogP contribution < -0.4 is 20.7 Å². The Morgan fingerprint density at radius 1 is 1.13 bits per heavy atom. The van der Waals surface area contributed by atoms with Gasteiger partial charge in [-0.15, -0.1) is 0 Å². The van der Waals surface area contributed by atoms with E-state index < -0.39 is 29.1 Å². The van der Waals surface area contributed by atoms with E-state index in [4.69, 9.17) is 14.2 Å². The molecule has 0 fully saturated rings. The first kappa shape index (κ1) is 22.1. The number of aliphatic imine (C=N–C) groups is 1. The quantitative estimate of drug-likeness (QED) is 0.707. The number of rotatable bonds is 5. The van der Waals surface area contributed by atoms with Crippen molar-refractivity contribution in [2.45, 2.75) is 19.8 Å². The predicted molar refractivity (Wildman–Crippen MR) is 113 cm³/mol. The lowest BCUT2D eigenvalue weighted by Gasteiger charge is -2.31. The summed E-state index contributed by atoms with van der Waals surface area (Å²) in [5.41, 5.74) is -0.0711. The van der Waals surface area contributed by atoms with Crippen LogP contribution in [0.4, 0.5) is 5.82 Å². The number of hydrogen-bond acceptors (Lipinski definition) is 8. The van der Waals surface area contributed by atoms with E-state index in [2.05, 4.69) is 4.99 Å². The van der Waals surface area contributed by atoms with Gasteiger partial charge in [-0.05, 0) is 31.5 Å². The molecule has 1 aliphatic heterocycles. The monoisotopic (exact) mass is 431 g/mol. The summed E-state index contributed by atoms with van der Waals surface area (Å²) in [5, 5.41) is 10.3. The van der Waals surface area contributed by atoms with Crippen LogP contribution in [0.1, 0.15) is 30.9 Å². The van der Waals surface area contributed by atoms with E-state index in [1.807, 2.05) is 0 Å². The summed E-state index contributed by atoms with van der Waals surface area (Å²) in [6.07, 6.45) is 0. The SMILES string of the molecule is CCOC(=O)C1C(C)=Nc2c(c(=O)n(C)c(=O)n2C)C1c1cc(OC)c(O)c(OC)c1. The van der Waals surface area contributed by atoms with Crippen LogP contribution in [0.2, 0.25) is 0 Å². The van der Waals surface area contributed by atoms with Gasteiger partial charge in [-0.25, -0.2) is 9.79 Å². The van der Waals surface area contributed by atoms with Gasteiger partial charge < -0.3 is 19.3 Å². The zero-order valence-electron chi connectivity index (χ0n) is 18.3. The van der Waals surface area contributed by atoms with Crippen LogP contribution in [0, 0.1) is 5.92 Å². The maximum atomic E-state index is 13.2. The molecule has 2 unspecified atom stereocenters. The van der Waals surface area contributed by atoms with Crippen molar-refractivity contribution >= 4 is 17.5 Å². The number of phenolic OH excluding ortho intramolecular Hbond substituents is 1. The maximum Gasteiger partial charge on any atom is 0.332 e. The molecule has 10 heteroatoms. The number of aromatic nitrogens is 2. The molecule has 2 heterocycles. The lowest BCUT2D eigenvalue weighted by Crippen LogP contribution is -2.44. The van der Waals surface area contributed by atoms with Gasteiger partial charge in [0.05, 0.1) is 26.4 Å². The van der Waals surface area contributed by atoms with Crippen LogP contribution in [0.25, 0.3) is 0 Å². The highest BCUT2D eigenvalue weighted by molar-refractivity contribution is 6.04. The lowest BCUT2D eigenvalue weighted by molar-refractivity contribution is -0.146. The van der Waals surface area contributed by atoms with Gasteiger partial charge in [-0.1, -0.05) is 0 Å². The fourth-order valence-corrected chi connectivity index (χ4v) is 3.90. The molecule has 2 atom stereocenters. The summed E-state index contributed by atoms with van der Waals surface area (Å²) in [4.78, 5) is 43.0. The number of methoxy groups -OCH3 is 2. The molecule has 0 saturated carbocycles. The van der Waals surface area contributed by atoms with E-state index >= 15 is 0 Å². The Hall–Kier alpha value is -3.56. The van der Waals surface area contributed by atoms with E-state index in [0.29, 0.717) is 11.3 Å². The van der Waals surface area contributed by atoms with Gasteiger partial charge in [0, 0.05) is 25.7 Å². The standard InChI is InChI=1S/C21H25N3O7/c1-7-31-20(27)14-10(2)22-18-16(19(26)24(4)21(28)23(18)3)15(14)11-8-12(29-5)17(25)13(9-11)30-6/h8-9,14-15,25H,7H2,1-6H3. The van der Waals surface area contributed by atoms with Crippen molar-refractivity contribution in [1.82, 2.24) is 9.13 Å². The summed E-state index contributed by atoms with van der Waals surface area (Å²) in [6.45, 7) is 3.48. The Bertz CT molecular complexity index is 1170. The Labute approximate surface area is 178 Å². The Balaban J connectivity index is 2.43. The molecule has 0 bridgehead atoms. The second kappa shape index (κ2) is 8.29. The van der Waals surface area contributed by atoms with Crippen LogP contribution in [-0.4, -0.2) is 46.7 Å². The molecule has 10 nitrogen and oxygen atoms in total. The van der Waals surface area contributed by atoms with Crippen LogP contribution >= 0.6 is 0 Å². The molecule has 1 aromatic heterocycles. The smallest absolute Gasteiger partial charge is 0.332 e. The summed E-state index contributed by atoms with van der Waals surface area (Å²) < 4.78 is 18.0. The molecule has 0 aliphatic carbocycles. The molecule has 166 valence electrons. The third-order valence-corrected chi connectivity index (χ3v) is 5.45. The number of carbonyl (C=O) groups excluding carboxylic acids is 1. The van der Waals surface area contributed by atoms with E-state index in [0.717, 1.165) is 4.57 Å². The highest BCUT2D eigenvalue weighted by Crippen LogP contribution is 2.45. The van der Waals surface area contributed by atoms with Crippen molar-refractivity contribution < 1.29 is 24.1 Å². The van der Waals surface area contributed by atoms with E-state index in [1.165, 1.54) is 45.0 Å². The Kier molecular flexibility index (Phi) is 5.92. The fourth-order valence-electron chi connectivity index (χ4n) is 3.90. The van der Waals surface area contributed by atoms with Crippen molar-refractivity contribution in [1.29, 1.82) is 0 Å². The zero-order chi connectivity index (χ0) is 23.0. The van der Waals surface area contributed by atoms with Gasteiger partial charge in [-0.3, -0.25) is 18.7 Å². The van der Waals surface area contributed by atoms with Gasteiger partial charge in [0.1, 0.15) is 11.7 Å². The summed E-state index contributed by atoms with van der Waals surface area (Å²) >= 11 is 0. The third-order valence-electron chi connectivity index (χ3n) is 5.45. The van der Waals surface area contributed by atoms with Crippen molar-refractivity contribution in [3.8, 4) is 17.2 Å². The summed E-state index contributed by atoms with van der Waals surface area (Å²) in [6, 6.07) is 3.06. The number of ether oxygens (including phenoxy) is 3. The molecule has 2 aromatic rings. The highest BCUT2D eigenvalue weighted by atomic mass is 16.5. The maximum absolute atomic E-state index is 13.2. The predicted octanol–water partition coefficient (Wildman–Crippen LogP) is 1.22. The average Bonchev–Trinajstić information content (AvgIpc) is 2.75. The number of carbonyl (C=O) groups is 1. The van der Waals surface area contributed by atoms with Gasteiger partial charge in [0.15, 0.2) is 11.5 Å².